The Labute approximate surface area is 71.8 Å². The summed E-state index contributed by atoms with van der Waals surface area (Å²) in [5.74, 6) is 0. The number of rotatable bonds is 0. The Morgan fingerprint density at radius 1 is 1.25 bits per heavy atom. The predicted molar refractivity (Wildman–Crippen MR) is 54.3 cm³/mol. The molecule has 0 saturated heterocycles. The molecule has 1 aromatic heterocycles. The lowest BCUT2D eigenvalue weighted by Crippen LogP contribution is -2.02. The van der Waals surface area contributed by atoms with E-state index in [0.717, 1.165) is 16.6 Å². The minimum Gasteiger partial charge on any atom is -0.399 e. The van der Waals surface area contributed by atoms with Gasteiger partial charge in [-0.2, -0.15) is 0 Å². The summed E-state index contributed by atoms with van der Waals surface area (Å²) >= 11 is 0. The molecule has 2 nitrogen and oxygen atoms in total. The second kappa shape index (κ2) is 2.52. The molecule has 0 aliphatic heterocycles. The highest BCUT2D eigenvalue weighted by Crippen LogP contribution is 2.12. The zero-order chi connectivity index (χ0) is 8.55. The van der Waals surface area contributed by atoms with Crippen LogP contribution in [-0.4, -0.2) is 12.8 Å². The molecule has 0 spiro atoms. The van der Waals surface area contributed by atoms with Gasteiger partial charge in [0.25, 0.3) is 0 Å². The first-order chi connectivity index (χ1) is 5.75. The number of nitrogens with two attached hydrogens (primary N) is 1. The molecular formula is C9H9BN2. The van der Waals surface area contributed by atoms with Crippen molar-refractivity contribution in [2.75, 3.05) is 5.73 Å². The summed E-state index contributed by atoms with van der Waals surface area (Å²) < 4.78 is 0. The molecule has 0 aliphatic rings. The molecule has 0 saturated carbocycles. The van der Waals surface area contributed by atoms with Crippen molar-refractivity contribution in [3.8, 4) is 0 Å². The summed E-state index contributed by atoms with van der Waals surface area (Å²) in [4.78, 5) is 4.26. The van der Waals surface area contributed by atoms with E-state index in [0.29, 0.717) is 0 Å². The van der Waals surface area contributed by atoms with Crippen LogP contribution in [0.15, 0.2) is 30.5 Å². The molecule has 58 valence electrons. The zero-order valence-electron chi connectivity index (χ0n) is 6.91. The van der Waals surface area contributed by atoms with Gasteiger partial charge < -0.3 is 5.73 Å². The van der Waals surface area contributed by atoms with Crippen LogP contribution in [0.3, 0.4) is 0 Å². The molecule has 0 bridgehead atoms. The molecule has 12 heavy (non-hydrogen) atoms. The molecular weight excluding hydrogens is 147 g/mol. The number of hydrogen-bond acceptors (Lipinski definition) is 2. The number of aromatic nitrogens is 1. The van der Waals surface area contributed by atoms with Crippen LogP contribution in [0.5, 0.6) is 0 Å². The normalized spacial score (nSPS) is 10.3. The highest BCUT2D eigenvalue weighted by molar-refractivity contribution is 6.32. The van der Waals surface area contributed by atoms with Crippen LogP contribution in [0, 0.1) is 0 Å². The van der Waals surface area contributed by atoms with E-state index in [1.54, 1.807) is 0 Å². The van der Waals surface area contributed by atoms with E-state index in [2.05, 4.69) is 11.1 Å². The maximum absolute atomic E-state index is 5.62. The predicted octanol–water partition coefficient (Wildman–Crippen LogP) is 0.0754. The molecule has 0 radical (unpaired) electrons. The van der Waals surface area contributed by atoms with Gasteiger partial charge in [-0.3, -0.25) is 4.98 Å². The summed E-state index contributed by atoms with van der Waals surface area (Å²) in [5.41, 5.74) is 8.52. The van der Waals surface area contributed by atoms with Crippen molar-refractivity contribution >= 4 is 29.9 Å². The fourth-order valence-corrected chi connectivity index (χ4v) is 1.25. The number of pyridine rings is 1. The third kappa shape index (κ3) is 1.14. The van der Waals surface area contributed by atoms with Crippen LogP contribution >= 0.6 is 0 Å². The van der Waals surface area contributed by atoms with Gasteiger partial charge in [-0.1, -0.05) is 17.6 Å². The van der Waals surface area contributed by atoms with Gasteiger partial charge in [-0.25, -0.2) is 0 Å². The van der Waals surface area contributed by atoms with E-state index in [1.807, 2.05) is 32.2 Å². The van der Waals surface area contributed by atoms with Gasteiger partial charge in [0.15, 0.2) is 0 Å². The van der Waals surface area contributed by atoms with Crippen molar-refractivity contribution < 1.29 is 0 Å². The summed E-state index contributed by atoms with van der Waals surface area (Å²) in [5, 5.41) is 1.14. The van der Waals surface area contributed by atoms with Crippen LogP contribution in [0.1, 0.15) is 0 Å². The lowest BCUT2D eigenvalue weighted by atomic mass is 9.97. The number of nitrogen functional groups attached to an aromatic ring is 1. The van der Waals surface area contributed by atoms with Crippen LogP contribution in [0.25, 0.3) is 10.9 Å². The summed E-state index contributed by atoms with van der Waals surface area (Å²) in [6.45, 7) is 0. The Hall–Kier alpha value is -1.51. The average Bonchev–Trinajstić information content (AvgIpc) is 2.05. The molecule has 0 unspecified atom stereocenters. The van der Waals surface area contributed by atoms with Crippen molar-refractivity contribution in [2.45, 2.75) is 0 Å². The molecule has 1 heterocycles. The SMILES string of the molecule is Bc1cnc2cc(N)ccc2c1. The van der Waals surface area contributed by atoms with Crippen LogP contribution in [-0.2, 0) is 0 Å². The van der Waals surface area contributed by atoms with E-state index in [4.69, 9.17) is 5.73 Å². The topological polar surface area (TPSA) is 38.9 Å². The number of nitrogens with zero attached hydrogens (tertiary/aromatic N) is 1. The Morgan fingerprint density at radius 3 is 2.92 bits per heavy atom. The van der Waals surface area contributed by atoms with Crippen molar-refractivity contribution in [3.05, 3.63) is 30.5 Å². The van der Waals surface area contributed by atoms with E-state index >= 15 is 0 Å². The van der Waals surface area contributed by atoms with Crippen LogP contribution in [0.2, 0.25) is 0 Å². The number of anilines is 1. The summed E-state index contributed by atoms with van der Waals surface area (Å²) in [6, 6.07) is 7.87. The Morgan fingerprint density at radius 2 is 2.08 bits per heavy atom. The summed E-state index contributed by atoms with van der Waals surface area (Å²) in [6.07, 6.45) is 1.85. The minimum atomic E-state index is 0.763. The molecule has 2 aromatic rings. The number of benzene rings is 1. The maximum Gasteiger partial charge on any atom is 0.141 e. The van der Waals surface area contributed by atoms with E-state index in [1.165, 1.54) is 5.46 Å². The summed E-state index contributed by atoms with van der Waals surface area (Å²) in [7, 11) is 2.03. The molecule has 1 aromatic carbocycles. The van der Waals surface area contributed by atoms with Crippen molar-refractivity contribution in [1.29, 1.82) is 0 Å². The van der Waals surface area contributed by atoms with E-state index < -0.39 is 0 Å². The Kier molecular flexibility index (Phi) is 1.50. The van der Waals surface area contributed by atoms with Crippen molar-refractivity contribution in [3.63, 3.8) is 0 Å². The molecule has 0 aliphatic carbocycles. The van der Waals surface area contributed by atoms with E-state index in [-0.39, 0.29) is 0 Å². The maximum atomic E-state index is 5.62. The first-order valence-electron chi connectivity index (χ1n) is 3.87. The molecule has 2 rings (SSSR count). The molecule has 2 N–H and O–H groups in total. The lowest BCUT2D eigenvalue weighted by Gasteiger charge is -1.99. The third-order valence-corrected chi connectivity index (χ3v) is 1.84. The van der Waals surface area contributed by atoms with Crippen molar-refractivity contribution in [2.24, 2.45) is 0 Å². The van der Waals surface area contributed by atoms with Crippen LogP contribution in [0.4, 0.5) is 5.69 Å². The van der Waals surface area contributed by atoms with Gasteiger partial charge in [0.2, 0.25) is 0 Å². The van der Waals surface area contributed by atoms with Crippen LogP contribution < -0.4 is 11.2 Å². The fraction of sp³-hybridized carbons (Fsp3) is 0. The first kappa shape index (κ1) is 7.16. The molecule has 0 fully saturated rings. The monoisotopic (exact) mass is 156 g/mol. The average molecular weight is 156 g/mol. The number of fused-ring (bicyclic) bond motifs is 1. The quantitative estimate of drug-likeness (QED) is 0.433. The Balaban J connectivity index is 2.79. The lowest BCUT2D eigenvalue weighted by molar-refractivity contribution is 1.44. The fourth-order valence-electron chi connectivity index (χ4n) is 1.25. The molecule has 0 atom stereocenters. The second-order valence-corrected chi connectivity index (χ2v) is 2.96. The van der Waals surface area contributed by atoms with Crippen molar-refractivity contribution in [1.82, 2.24) is 4.98 Å². The van der Waals surface area contributed by atoms with Gasteiger partial charge in [0.1, 0.15) is 7.85 Å². The smallest absolute Gasteiger partial charge is 0.141 e. The standard InChI is InChI=1S/C9H9BN2/c10-7-3-6-1-2-8(11)4-9(6)12-5-7/h1-5H,10-11H2. The van der Waals surface area contributed by atoms with E-state index in [9.17, 15) is 0 Å². The highest BCUT2D eigenvalue weighted by atomic mass is 14.7. The minimum absolute atomic E-state index is 0.763. The second-order valence-electron chi connectivity index (χ2n) is 2.96. The zero-order valence-corrected chi connectivity index (χ0v) is 6.91. The Bertz CT molecular complexity index is 385. The largest absolute Gasteiger partial charge is 0.399 e. The number of hydrogen-bond donors (Lipinski definition) is 1. The molecule has 3 heteroatoms. The first-order valence-corrected chi connectivity index (χ1v) is 3.87. The highest BCUT2D eigenvalue weighted by Gasteiger charge is 1.94. The van der Waals surface area contributed by atoms with Gasteiger partial charge in [-0.15, -0.1) is 0 Å². The van der Waals surface area contributed by atoms with Gasteiger partial charge >= 0.3 is 0 Å². The van der Waals surface area contributed by atoms with Gasteiger partial charge in [0.05, 0.1) is 5.52 Å². The van der Waals surface area contributed by atoms with Gasteiger partial charge in [-0.05, 0) is 17.5 Å². The van der Waals surface area contributed by atoms with Gasteiger partial charge in [0, 0.05) is 11.9 Å². The molecule has 0 amide bonds. The third-order valence-electron chi connectivity index (χ3n) is 1.84.